The summed E-state index contributed by atoms with van der Waals surface area (Å²) < 4.78 is 3.24. The molecule has 1 fully saturated rings. The second-order valence-corrected chi connectivity index (χ2v) is 7.40. The van der Waals surface area contributed by atoms with Gasteiger partial charge < -0.3 is 14.8 Å². The van der Waals surface area contributed by atoms with E-state index >= 15 is 0 Å². The van der Waals surface area contributed by atoms with Crippen LogP contribution in [0.4, 0.5) is 0 Å². The number of aromatic nitrogens is 3. The first-order chi connectivity index (χ1) is 12.4. The predicted molar refractivity (Wildman–Crippen MR) is 98.2 cm³/mol. The molecule has 0 unspecified atom stereocenters. The fraction of sp³-hybridized carbons (Fsp3) is 0.529. The van der Waals surface area contributed by atoms with Gasteiger partial charge in [0.15, 0.2) is 0 Å². The van der Waals surface area contributed by atoms with E-state index < -0.39 is 0 Å². The fourth-order valence-electron chi connectivity index (χ4n) is 3.12. The lowest BCUT2D eigenvalue weighted by molar-refractivity contribution is -0.132. The van der Waals surface area contributed by atoms with Crippen LogP contribution in [-0.2, 0) is 18.4 Å². The van der Waals surface area contributed by atoms with Crippen molar-refractivity contribution >= 4 is 23.2 Å². The Balaban J connectivity index is 1.45. The molecule has 26 heavy (non-hydrogen) atoms. The summed E-state index contributed by atoms with van der Waals surface area (Å²) in [7, 11) is 1.77. The van der Waals surface area contributed by atoms with Crippen molar-refractivity contribution in [3.63, 3.8) is 0 Å². The standard InChI is InChI=1S/C17H23N5O3S/c1-12-11-26-17(25)22(12)8-5-15(23)21-6-3-14(4-7-21)19-16(24)13-9-18-20(2)10-13/h9-11,14H,3-8H2,1-2H3,(H,19,24). The molecule has 0 aromatic carbocycles. The molecule has 8 nitrogen and oxygen atoms in total. The maximum Gasteiger partial charge on any atom is 0.307 e. The highest BCUT2D eigenvalue weighted by atomic mass is 32.1. The van der Waals surface area contributed by atoms with Crippen LogP contribution in [0.1, 0.15) is 35.3 Å². The van der Waals surface area contributed by atoms with Gasteiger partial charge in [0, 0.05) is 56.4 Å². The zero-order valence-corrected chi connectivity index (χ0v) is 15.8. The fourth-order valence-corrected chi connectivity index (χ4v) is 3.88. The summed E-state index contributed by atoms with van der Waals surface area (Å²) in [6.07, 6.45) is 5.01. The highest BCUT2D eigenvalue weighted by Crippen LogP contribution is 2.13. The highest BCUT2D eigenvalue weighted by molar-refractivity contribution is 7.07. The average molecular weight is 377 g/mol. The van der Waals surface area contributed by atoms with Crippen molar-refractivity contribution in [1.82, 2.24) is 24.6 Å². The second-order valence-electron chi connectivity index (χ2n) is 6.58. The van der Waals surface area contributed by atoms with Crippen molar-refractivity contribution in [1.29, 1.82) is 0 Å². The molecule has 1 aliphatic rings. The maximum absolute atomic E-state index is 12.4. The first-order valence-corrected chi connectivity index (χ1v) is 9.54. The molecule has 0 bridgehead atoms. The Bertz CT molecular complexity index is 845. The van der Waals surface area contributed by atoms with Crippen LogP contribution in [0.25, 0.3) is 0 Å². The summed E-state index contributed by atoms with van der Waals surface area (Å²) >= 11 is 1.16. The van der Waals surface area contributed by atoms with Gasteiger partial charge in [0.2, 0.25) is 5.91 Å². The van der Waals surface area contributed by atoms with Gasteiger partial charge in [-0.3, -0.25) is 19.1 Å². The number of nitrogens with one attached hydrogen (secondary N) is 1. The molecule has 0 aliphatic carbocycles. The number of rotatable bonds is 5. The number of carbonyl (C=O) groups excluding carboxylic acids is 2. The van der Waals surface area contributed by atoms with Crippen LogP contribution >= 0.6 is 11.3 Å². The van der Waals surface area contributed by atoms with Gasteiger partial charge in [-0.05, 0) is 19.8 Å². The van der Waals surface area contributed by atoms with Gasteiger partial charge in [-0.1, -0.05) is 11.3 Å². The topological polar surface area (TPSA) is 89.2 Å². The minimum absolute atomic E-state index is 0.0212. The van der Waals surface area contributed by atoms with Crippen molar-refractivity contribution in [2.75, 3.05) is 13.1 Å². The van der Waals surface area contributed by atoms with Crippen LogP contribution in [0.3, 0.4) is 0 Å². The van der Waals surface area contributed by atoms with Crippen LogP contribution in [0.15, 0.2) is 22.6 Å². The minimum atomic E-state index is -0.129. The van der Waals surface area contributed by atoms with Crippen molar-refractivity contribution in [2.45, 2.75) is 38.8 Å². The van der Waals surface area contributed by atoms with Crippen molar-refractivity contribution in [3.8, 4) is 0 Å². The summed E-state index contributed by atoms with van der Waals surface area (Å²) in [5.41, 5.74) is 1.44. The van der Waals surface area contributed by atoms with E-state index in [0.717, 1.165) is 29.9 Å². The number of nitrogens with zero attached hydrogens (tertiary/aromatic N) is 4. The molecular weight excluding hydrogens is 354 g/mol. The monoisotopic (exact) mass is 377 g/mol. The van der Waals surface area contributed by atoms with E-state index in [1.807, 2.05) is 17.2 Å². The van der Waals surface area contributed by atoms with Gasteiger partial charge in [-0.15, -0.1) is 0 Å². The molecule has 0 radical (unpaired) electrons. The number of likely N-dealkylation sites (tertiary alicyclic amines) is 1. The van der Waals surface area contributed by atoms with Crippen LogP contribution in [0.2, 0.25) is 0 Å². The predicted octanol–water partition coefficient (Wildman–Crippen LogP) is 0.763. The third-order valence-electron chi connectivity index (χ3n) is 4.68. The van der Waals surface area contributed by atoms with Crippen molar-refractivity contribution in [3.05, 3.63) is 38.7 Å². The molecule has 0 spiro atoms. The molecule has 140 valence electrons. The third-order valence-corrected chi connectivity index (χ3v) is 5.56. The number of thiazole rings is 1. The Morgan fingerprint density at radius 3 is 2.65 bits per heavy atom. The molecule has 9 heteroatoms. The number of hydrogen-bond acceptors (Lipinski definition) is 5. The zero-order valence-electron chi connectivity index (χ0n) is 15.0. The number of aryl methyl sites for hydroxylation is 2. The van der Waals surface area contributed by atoms with E-state index in [-0.39, 0.29) is 22.7 Å². The van der Waals surface area contributed by atoms with E-state index in [9.17, 15) is 14.4 Å². The molecule has 2 aromatic rings. The molecule has 1 N–H and O–H groups in total. The SMILES string of the molecule is Cc1csc(=O)n1CCC(=O)N1CCC(NC(=O)c2cnn(C)c2)CC1. The molecule has 2 aromatic heterocycles. The molecule has 1 saturated heterocycles. The maximum atomic E-state index is 12.4. The number of hydrogen-bond donors (Lipinski definition) is 1. The zero-order chi connectivity index (χ0) is 18.7. The number of piperidine rings is 1. The molecule has 2 amide bonds. The Hall–Kier alpha value is -2.42. The molecule has 1 aliphatic heterocycles. The Morgan fingerprint density at radius 1 is 1.35 bits per heavy atom. The van der Waals surface area contributed by atoms with Gasteiger partial charge in [-0.25, -0.2) is 0 Å². The minimum Gasteiger partial charge on any atom is -0.349 e. The quantitative estimate of drug-likeness (QED) is 0.833. The lowest BCUT2D eigenvalue weighted by Crippen LogP contribution is -2.46. The average Bonchev–Trinajstić information content (AvgIpc) is 3.19. The largest absolute Gasteiger partial charge is 0.349 e. The van der Waals surface area contributed by atoms with Gasteiger partial charge in [0.1, 0.15) is 0 Å². The normalized spacial score (nSPS) is 15.2. The smallest absolute Gasteiger partial charge is 0.307 e. The Labute approximate surface area is 155 Å². The van der Waals surface area contributed by atoms with Crippen LogP contribution < -0.4 is 10.2 Å². The van der Waals surface area contributed by atoms with Crippen LogP contribution in [0, 0.1) is 6.92 Å². The van der Waals surface area contributed by atoms with Gasteiger partial charge in [0.05, 0.1) is 11.8 Å². The molecule has 0 atom stereocenters. The molecule has 3 rings (SSSR count). The summed E-state index contributed by atoms with van der Waals surface area (Å²) in [6, 6.07) is 0.0634. The molecular formula is C17H23N5O3S. The van der Waals surface area contributed by atoms with E-state index in [4.69, 9.17) is 0 Å². The first-order valence-electron chi connectivity index (χ1n) is 8.66. The van der Waals surface area contributed by atoms with Crippen molar-refractivity contribution in [2.24, 2.45) is 7.05 Å². The van der Waals surface area contributed by atoms with Crippen LogP contribution in [0.5, 0.6) is 0 Å². The Morgan fingerprint density at radius 2 is 2.08 bits per heavy atom. The number of carbonyl (C=O) groups is 2. The lowest BCUT2D eigenvalue weighted by atomic mass is 10.0. The van der Waals surface area contributed by atoms with Gasteiger partial charge in [0.25, 0.3) is 5.91 Å². The van der Waals surface area contributed by atoms with E-state index in [1.165, 1.54) is 0 Å². The summed E-state index contributed by atoms with van der Waals surface area (Å²) in [5.74, 6) is -0.0743. The van der Waals surface area contributed by atoms with E-state index in [2.05, 4.69) is 10.4 Å². The summed E-state index contributed by atoms with van der Waals surface area (Å²) in [4.78, 5) is 38.0. The summed E-state index contributed by atoms with van der Waals surface area (Å²) in [5, 5.41) is 8.81. The Kier molecular flexibility index (Phi) is 5.55. The second kappa shape index (κ2) is 7.86. The number of amides is 2. The van der Waals surface area contributed by atoms with E-state index in [1.54, 1.807) is 28.7 Å². The highest BCUT2D eigenvalue weighted by Gasteiger charge is 2.24. The third kappa shape index (κ3) is 4.21. The van der Waals surface area contributed by atoms with Gasteiger partial charge >= 0.3 is 4.87 Å². The van der Waals surface area contributed by atoms with E-state index in [0.29, 0.717) is 31.6 Å². The van der Waals surface area contributed by atoms with Crippen molar-refractivity contribution < 1.29 is 9.59 Å². The summed E-state index contributed by atoms with van der Waals surface area (Å²) in [6.45, 7) is 3.53. The first kappa shape index (κ1) is 18.4. The molecule has 3 heterocycles. The van der Waals surface area contributed by atoms with Crippen LogP contribution in [-0.4, -0.2) is 50.2 Å². The molecule has 0 saturated carbocycles. The lowest BCUT2D eigenvalue weighted by Gasteiger charge is -2.32. The van der Waals surface area contributed by atoms with Gasteiger partial charge in [-0.2, -0.15) is 5.10 Å².